The molecule has 5 heteroatoms. The number of nitrogens with one attached hydrogen (secondary N) is 1. The van der Waals surface area contributed by atoms with Gasteiger partial charge in [0.1, 0.15) is 0 Å². The lowest BCUT2D eigenvalue weighted by atomic mass is 9.95. The van der Waals surface area contributed by atoms with E-state index in [1.54, 1.807) is 12.1 Å². The van der Waals surface area contributed by atoms with Crippen molar-refractivity contribution in [3.05, 3.63) is 29.3 Å². The van der Waals surface area contributed by atoms with E-state index in [4.69, 9.17) is 11.6 Å². The van der Waals surface area contributed by atoms with Gasteiger partial charge in [-0.25, -0.2) is 0 Å². The second-order valence-electron chi connectivity index (χ2n) is 5.34. The summed E-state index contributed by atoms with van der Waals surface area (Å²) in [4.78, 5) is 13.9. The third-order valence-electron chi connectivity index (χ3n) is 3.27. The molecule has 1 aromatic carbocycles. The van der Waals surface area contributed by atoms with E-state index >= 15 is 0 Å². The Kier molecular flexibility index (Phi) is 4.45. The standard InChI is InChI=1S/C14H19ClN2O2/c1-14(19)7-4-8-17(10-14)9-13(18)16-12-6-3-2-5-11(12)15/h2-3,5-6,19H,4,7-10H2,1H3,(H,16,18). The van der Waals surface area contributed by atoms with Gasteiger partial charge >= 0.3 is 0 Å². The molecule has 1 atom stereocenters. The van der Waals surface area contributed by atoms with E-state index in [1.165, 1.54) is 0 Å². The fraction of sp³-hybridized carbons (Fsp3) is 0.500. The maximum atomic E-state index is 12.0. The number of para-hydroxylation sites is 1. The van der Waals surface area contributed by atoms with E-state index in [0.29, 0.717) is 17.3 Å². The van der Waals surface area contributed by atoms with Crippen molar-refractivity contribution < 1.29 is 9.90 Å². The molecule has 1 aromatic rings. The summed E-state index contributed by atoms with van der Waals surface area (Å²) in [6.07, 6.45) is 1.70. The van der Waals surface area contributed by atoms with Gasteiger partial charge in [0.25, 0.3) is 0 Å². The van der Waals surface area contributed by atoms with Gasteiger partial charge in [-0.2, -0.15) is 0 Å². The minimum absolute atomic E-state index is 0.106. The van der Waals surface area contributed by atoms with E-state index in [-0.39, 0.29) is 12.5 Å². The molecule has 1 aliphatic heterocycles. The minimum Gasteiger partial charge on any atom is -0.389 e. The van der Waals surface area contributed by atoms with Gasteiger partial charge in [0.05, 0.1) is 22.9 Å². The van der Waals surface area contributed by atoms with Gasteiger partial charge in [0.2, 0.25) is 5.91 Å². The van der Waals surface area contributed by atoms with Crippen molar-refractivity contribution in [1.82, 2.24) is 4.90 Å². The molecule has 0 radical (unpaired) electrons. The number of hydrogen-bond acceptors (Lipinski definition) is 3. The summed E-state index contributed by atoms with van der Waals surface area (Å²) in [6.45, 7) is 3.46. The number of carbonyl (C=O) groups excluding carboxylic acids is 1. The Morgan fingerprint density at radius 2 is 2.26 bits per heavy atom. The zero-order chi connectivity index (χ0) is 13.9. The van der Waals surface area contributed by atoms with Crippen molar-refractivity contribution in [1.29, 1.82) is 0 Å². The monoisotopic (exact) mass is 282 g/mol. The van der Waals surface area contributed by atoms with Gasteiger partial charge in [0, 0.05) is 6.54 Å². The first-order valence-corrected chi connectivity index (χ1v) is 6.83. The molecule has 0 aliphatic carbocycles. The minimum atomic E-state index is -0.692. The molecule has 1 heterocycles. The average Bonchev–Trinajstić information content (AvgIpc) is 2.30. The van der Waals surface area contributed by atoms with Crippen LogP contribution in [0.4, 0.5) is 5.69 Å². The number of hydrogen-bond donors (Lipinski definition) is 2. The van der Waals surface area contributed by atoms with Gasteiger partial charge in [-0.1, -0.05) is 23.7 Å². The highest BCUT2D eigenvalue weighted by Crippen LogP contribution is 2.22. The number of anilines is 1. The number of rotatable bonds is 3. The predicted octanol–water partition coefficient (Wildman–Crippen LogP) is 2.13. The Hall–Kier alpha value is -1.10. The van der Waals surface area contributed by atoms with Crippen LogP contribution in [0.25, 0.3) is 0 Å². The van der Waals surface area contributed by atoms with Crippen LogP contribution in [0.2, 0.25) is 5.02 Å². The lowest BCUT2D eigenvalue weighted by Gasteiger charge is -2.36. The smallest absolute Gasteiger partial charge is 0.238 e. The molecule has 1 fully saturated rings. The molecule has 1 saturated heterocycles. The number of likely N-dealkylation sites (tertiary alicyclic amines) is 1. The van der Waals surface area contributed by atoms with Gasteiger partial charge in [-0.15, -0.1) is 0 Å². The number of piperidine rings is 1. The number of amides is 1. The Morgan fingerprint density at radius 3 is 2.95 bits per heavy atom. The van der Waals surface area contributed by atoms with E-state index in [9.17, 15) is 9.90 Å². The third kappa shape index (κ3) is 4.20. The van der Waals surface area contributed by atoms with Crippen LogP contribution < -0.4 is 5.32 Å². The van der Waals surface area contributed by atoms with Crippen molar-refractivity contribution in [3.8, 4) is 0 Å². The van der Waals surface area contributed by atoms with Crippen LogP contribution in [-0.2, 0) is 4.79 Å². The number of carbonyl (C=O) groups is 1. The SMILES string of the molecule is CC1(O)CCCN(CC(=O)Nc2ccccc2Cl)C1. The fourth-order valence-corrected chi connectivity index (χ4v) is 2.60. The first-order valence-electron chi connectivity index (χ1n) is 6.45. The quantitative estimate of drug-likeness (QED) is 0.893. The molecule has 2 N–H and O–H groups in total. The maximum Gasteiger partial charge on any atom is 0.238 e. The highest BCUT2D eigenvalue weighted by atomic mass is 35.5. The maximum absolute atomic E-state index is 12.0. The third-order valence-corrected chi connectivity index (χ3v) is 3.60. The van der Waals surface area contributed by atoms with Gasteiger partial charge in [0.15, 0.2) is 0 Å². The first kappa shape index (κ1) is 14.3. The second kappa shape index (κ2) is 5.90. The molecule has 4 nitrogen and oxygen atoms in total. The average molecular weight is 283 g/mol. The molecule has 2 rings (SSSR count). The topological polar surface area (TPSA) is 52.6 Å². The number of benzene rings is 1. The molecular weight excluding hydrogens is 264 g/mol. The van der Waals surface area contributed by atoms with Gasteiger partial charge in [-0.3, -0.25) is 9.69 Å². The van der Waals surface area contributed by atoms with Crippen LogP contribution in [0, 0.1) is 0 Å². The zero-order valence-corrected chi connectivity index (χ0v) is 11.8. The Labute approximate surface area is 118 Å². The van der Waals surface area contributed by atoms with Gasteiger partial charge in [-0.05, 0) is 38.4 Å². The highest BCUT2D eigenvalue weighted by molar-refractivity contribution is 6.33. The van der Waals surface area contributed by atoms with Crippen molar-refractivity contribution >= 4 is 23.2 Å². The molecule has 1 amide bonds. The van der Waals surface area contributed by atoms with E-state index in [2.05, 4.69) is 5.32 Å². The number of aliphatic hydroxyl groups is 1. The van der Waals surface area contributed by atoms with Crippen LogP contribution in [0.15, 0.2) is 24.3 Å². The molecule has 1 unspecified atom stereocenters. The van der Waals surface area contributed by atoms with Crippen LogP contribution in [0.1, 0.15) is 19.8 Å². The van der Waals surface area contributed by atoms with Crippen molar-refractivity contribution in [2.24, 2.45) is 0 Å². The summed E-state index contributed by atoms with van der Waals surface area (Å²) < 4.78 is 0. The normalized spacial score (nSPS) is 24.2. The molecule has 104 valence electrons. The van der Waals surface area contributed by atoms with Crippen molar-refractivity contribution in [3.63, 3.8) is 0 Å². The van der Waals surface area contributed by atoms with Crippen molar-refractivity contribution in [2.75, 3.05) is 25.0 Å². The summed E-state index contributed by atoms with van der Waals surface area (Å²) in [5, 5.41) is 13.3. The molecule has 1 aliphatic rings. The van der Waals surface area contributed by atoms with Crippen LogP contribution in [0.5, 0.6) is 0 Å². The summed E-state index contributed by atoms with van der Waals surface area (Å²) >= 11 is 5.99. The molecule has 0 spiro atoms. The molecule has 0 aromatic heterocycles. The molecular formula is C14H19ClN2O2. The Balaban J connectivity index is 1.90. The van der Waals surface area contributed by atoms with E-state index in [1.807, 2.05) is 24.0 Å². The van der Waals surface area contributed by atoms with E-state index < -0.39 is 5.60 Å². The molecule has 0 saturated carbocycles. The zero-order valence-electron chi connectivity index (χ0n) is 11.0. The summed E-state index contributed by atoms with van der Waals surface area (Å²) in [5.41, 5.74) is -0.0685. The number of halogens is 1. The number of nitrogens with zero attached hydrogens (tertiary/aromatic N) is 1. The lowest BCUT2D eigenvalue weighted by Crippen LogP contribution is -2.48. The summed E-state index contributed by atoms with van der Waals surface area (Å²) in [7, 11) is 0. The first-order chi connectivity index (χ1) is 8.96. The van der Waals surface area contributed by atoms with Gasteiger partial charge < -0.3 is 10.4 Å². The van der Waals surface area contributed by atoms with Crippen LogP contribution in [0.3, 0.4) is 0 Å². The van der Waals surface area contributed by atoms with Crippen LogP contribution >= 0.6 is 11.6 Å². The second-order valence-corrected chi connectivity index (χ2v) is 5.75. The Morgan fingerprint density at radius 1 is 1.53 bits per heavy atom. The van der Waals surface area contributed by atoms with Crippen LogP contribution in [-0.4, -0.2) is 41.1 Å². The Bertz CT molecular complexity index is 463. The molecule has 0 bridgehead atoms. The lowest BCUT2D eigenvalue weighted by molar-refractivity contribution is -0.118. The summed E-state index contributed by atoms with van der Waals surface area (Å²) in [5.74, 6) is -0.106. The number of β-amino-alcohol motifs (C(OH)–C–C–N with tert-alkyl or cyclic N) is 1. The van der Waals surface area contributed by atoms with Crippen molar-refractivity contribution in [2.45, 2.75) is 25.4 Å². The fourth-order valence-electron chi connectivity index (χ4n) is 2.41. The van der Waals surface area contributed by atoms with E-state index in [0.717, 1.165) is 19.4 Å². The highest BCUT2D eigenvalue weighted by Gasteiger charge is 2.29. The molecule has 19 heavy (non-hydrogen) atoms. The summed E-state index contributed by atoms with van der Waals surface area (Å²) in [6, 6.07) is 7.16. The largest absolute Gasteiger partial charge is 0.389 e. The predicted molar refractivity (Wildman–Crippen MR) is 76.4 cm³/mol.